The van der Waals surface area contributed by atoms with Gasteiger partial charge in [-0.15, -0.1) is 0 Å². The van der Waals surface area contributed by atoms with Crippen molar-refractivity contribution < 1.29 is 19.1 Å². The van der Waals surface area contributed by atoms with Crippen LogP contribution in [0.2, 0.25) is 0 Å². The zero-order valence-electron chi connectivity index (χ0n) is 13.8. The standard InChI is InChI=1S/C19H21FN2O3/c20-14-3-1-2-4-15(14)21-7-9-22(10-8-21)18(23)16-12-5-6-13(11-12)17(16)19(24)25/h1-6,12-13,16-17H,7-11H2,(H,24,25)/t12-,13-,16-,17+/m0/s1. The summed E-state index contributed by atoms with van der Waals surface area (Å²) < 4.78 is 13.9. The van der Waals surface area contributed by atoms with Gasteiger partial charge in [0.2, 0.25) is 5.91 Å². The molecule has 1 N–H and O–H groups in total. The molecule has 1 saturated heterocycles. The summed E-state index contributed by atoms with van der Waals surface area (Å²) in [6, 6.07) is 6.64. The molecule has 2 fully saturated rings. The van der Waals surface area contributed by atoms with Crippen LogP contribution in [0.5, 0.6) is 0 Å². The van der Waals surface area contributed by atoms with Crippen LogP contribution < -0.4 is 4.90 Å². The number of carboxylic acids is 1. The van der Waals surface area contributed by atoms with Gasteiger partial charge in [0.1, 0.15) is 5.82 Å². The van der Waals surface area contributed by atoms with Gasteiger partial charge < -0.3 is 14.9 Å². The minimum absolute atomic E-state index is 0.0175. The van der Waals surface area contributed by atoms with Gasteiger partial charge in [0, 0.05) is 26.2 Å². The van der Waals surface area contributed by atoms with Gasteiger partial charge in [-0.1, -0.05) is 24.3 Å². The summed E-state index contributed by atoms with van der Waals surface area (Å²) in [5.41, 5.74) is 0.556. The van der Waals surface area contributed by atoms with E-state index in [1.54, 1.807) is 23.1 Å². The molecule has 1 aromatic rings. The quantitative estimate of drug-likeness (QED) is 0.852. The first-order chi connectivity index (χ1) is 12.1. The van der Waals surface area contributed by atoms with Crippen LogP contribution in [0.15, 0.2) is 36.4 Å². The van der Waals surface area contributed by atoms with Crippen molar-refractivity contribution in [2.75, 3.05) is 31.1 Å². The number of allylic oxidation sites excluding steroid dienone is 2. The van der Waals surface area contributed by atoms with E-state index >= 15 is 0 Å². The second-order valence-electron chi connectivity index (χ2n) is 7.10. The number of anilines is 1. The number of piperazine rings is 1. The fraction of sp³-hybridized carbons (Fsp3) is 0.474. The molecule has 0 spiro atoms. The largest absolute Gasteiger partial charge is 0.481 e. The van der Waals surface area contributed by atoms with Crippen LogP contribution in [0, 0.1) is 29.5 Å². The first-order valence-corrected chi connectivity index (χ1v) is 8.75. The molecule has 0 aromatic heterocycles. The van der Waals surface area contributed by atoms with Crippen molar-refractivity contribution in [2.24, 2.45) is 23.7 Å². The third-order valence-corrected chi connectivity index (χ3v) is 5.81. The zero-order chi connectivity index (χ0) is 17.6. The van der Waals surface area contributed by atoms with Crippen LogP contribution in [0.3, 0.4) is 0 Å². The number of hydrogen-bond donors (Lipinski definition) is 1. The third kappa shape index (κ3) is 2.69. The maximum Gasteiger partial charge on any atom is 0.307 e. The monoisotopic (exact) mass is 344 g/mol. The van der Waals surface area contributed by atoms with Crippen LogP contribution in [0.1, 0.15) is 6.42 Å². The Balaban J connectivity index is 1.44. The van der Waals surface area contributed by atoms with E-state index in [1.807, 2.05) is 17.1 Å². The molecule has 2 bridgehead atoms. The fourth-order valence-electron chi connectivity index (χ4n) is 4.58. The number of fused-ring (bicyclic) bond motifs is 2. The third-order valence-electron chi connectivity index (χ3n) is 5.81. The summed E-state index contributed by atoms with van der Waals surface area (Å²) in [6.45, 7) is 2.11. The van der Waals surface area contributed by atoms with E-state index in [9.17, 15) is 19.1 Å². The summed E-state index contributed by atoms with van der Waals surface area (Å²) in [7, 11) is 0. The lowest BCUT2D eigenvalue weighted by Crippen LogP contribution is -2.52. The summed E-state index contributed by atoms with van der Waals surface area (Å²) in [5, 5.41) is 9.52. The number of benzene rings is 1. The Kier molecular flexibility index (Phi) is 3.98. The average Bonchev–Trinajstić information content (AvgIpc) is 3.23. The Morgan fingerprint density at radius 3 is 2.28 bits per heavy atom. The smallest absolute Gasteiger partial charge is 0.307 e. The average molecular weight is 344 g/mol. The number of carboxylic acid groups (broad SMARTS) is 1. The van der Waals surface area contributed by atoms with Crippen LogP contribution in [-0.4, -0.2) is 48.1 Å². The molecule has 0 unspecified atom stereocenters. The van der Waals surface area contributed by atoms with E-state index < -0.39 is 17.8 Å². The molecule has 1 aromatic carbocycles. The highest BCUT2D eigenvalue weighted by molar-refractivity contribution is 5.87. The second kappa shape index (κ2) is 6.17. The number of amides is 1. The van der Waals surface area contributed by atoms with E-state index in [0.29, 0.717) is 31.9 Å². The molecule has 2 aliphatic carbocycles. The lowest BCUT2D eigenvalue weighted by Gasteiger charge is -2.38. The minimum atomic E-state index is -0.875. The summed E-state index contributed by atoms with van der Waals surface area (Å²) in [6.07, 6.45) is 4.72. The maximum atomic E-state index is 13.9. The molecule has 4 rings (SSSR count). The van der Waals surface area contributed by atoms with E-state index in [0.717, 1.165) is 6.42 Å². The van der Waals surface area contributed by atoms with E-state index in [1.165, 1.54) is 6.07 Å². The Labute approximate surface area is 145 Å². The summed E-state index contributed by atoms with van der Waals surface area (Å²) in [4.78, 5) is 28.3. The normalized spacial score (nSPS) is 30.8. The first kappa shape index (κ1) is 16.1. The number of hydrogen-bond acceptors (Lipinski definition) is 3. The predicted octanol–water partition coefficient (Wildman–Crippen LogP) is 2.00. The van der Waals surface area contributed by atoms with Crippen LogP contribution in [0.4, 0.5) is 10.1 Å². The second-order valence-corrected chi connectivity index (χ2v) is 7.10. The lowest BCUT2D eigenvalue weighted by atomic mass is 9.82. The van der Waals surface area contributed by atoms with Crippen molar-refractivity contribution in [1.82, 2.24) is 4.90 Å². The number of halogens is 1. The molecule has 0 radical (unpaired) electrons. The van der Waals surface area contributed by atoms with Crippen molar-refractivity contribution >= 4 is 17.6 Å². The Morgan fingerprint density at radius 2 is 1.64 bits per heavy atom. The van der Waals surface area contributed by atoms with Gasteiger partial charge in [-0.3, -0.25) is 9.59 Å². The van der Waals surface area contributed by atoms with E-state index in [4.69, 9.17) is 0 Å². The number of carbonyl (C=O) groups excluding carboxylic acids is 1. The van der Waals surface area contributed by atoms with Crippen LogP contribution >= 0.6 is 0 Å². The molecule has 6 heteroatoms. The number of para-hydroxylation sites is 1. The van der Waals surface area contributed by atoms with E-state index in [-0.39, 0.29) is 23.6 Å². The van der Waals surface area contributed by atoms with Gasteiger partial charge in [-0.05, 0) is 30.4 Å². The molecule has 3 aliphatic rings. The zero-order valence-corrected chi connectivity index (χ0v) is 13.8. The van der Waals surface area contributed by atoms with Crippen molar-refractivity contribution in [3.63, 3.8) is 0 Å². The summed E-state index contributed by atoms with van der Waals surface area (Å²) >= 11 is 0. The van der Waals surface area contributed by atoms with Crippen LogP contribution in [0.25, 0.3) is 0 Å². The Bertz CT molecular complexity index is 727. The van der Waals surface area contributed by atoms with E-state index in [2.05, 4.69) is 0 Å². The van der Waals surface area contributed by atoms with Gasteiger partial charge in [0.05, 0.1) is 17.5 Å². The molecule has 1 saturated carbocycles. The number of rotatable bonds is 3. The van der Waals surface area contributed by atoms with Gasteiger partial charge in [0.15, 0.2) is 0 Å². The molecule has 4 atom stereocenters. The highest BCUT2D eigenvalue weighted by Gasteiger charge is 2.52. The Hall–Kier alpha value is -2.37. The fourth-order valence-corrected chi connectivity index (χ4v) is 4.58. The predicted molar refractivity (Wildman–Crippen MR) is 90.5 cm³/mol. The molecule has 1 heterocycles. The van der Waals surface area contributed by atoms with Crippen molar-refractivity contribution in [2.45, 2.75) is 6.42 Å². The van der Waals surface area contributed by atoms with Crippen LogP contribution in [-0.2, 0) is 9.59 Å². The molecule has 1 amide bonds. The highest BCUT2D eigenvalue weighted by atomic mass is 19.1. The molecule has 1 aliphatic heterocycles. The minimum Gasteiger partial charge on any atom is -0.481 e. The highest BCUT2D eigenvalue weighted by Crippen LogP contribution is 2.48. The van der Waals surface area contributed by atoms with Crippen molar-refractivity contribution in [3.05, 3.63) is 42.2 Å². The Morgan fingerprint density at radius 1 is 1.00 bits per heavy atom. The number of nitrogens with zero attached hydrogens (tertiary/aromatic N) is 2. The van der Waals surface area contributed by atoms with Crippen molar-refractivity contribution in [1.29, 1.82) is 0 Å². The number of aliphatic carboxylic acids is 1. The van der Waals surface area contributed by atoms with Gasteiger partial charge in [-0.2, -0.15) is 0 Å². The lowest BCUT2D eigenvalue weighted by molar-refractivity contribution is -0.151. The van der Waals surface area contributed by atoms with Gasteiger partial charge in [0.25, 0.3) is 0 Å². The van der Waals surface area contributed by atoms with Gasteiger partial charge in [-0.25, -0.2) is 4.39 Å². The molecular formula is C19H21FN2O3. The number of carbonyl (C=O) groups is 2. The SMILES string of the molecule is O=C(O)[C@H]1[C@@H](C(=O)N2CCN(c3ccccc3F)CC2)[C@H]2C=C[C@H]1C2. The maximum absolute atomic E-state index is 13.9. The molecule has 132 valence electrons. The summed E-state index contributed by atoms with van der Waals surface area (Å²) in [5.74, 6) is -2.22. The van der Waals surface area contributed by atoms with Gasteiger partial charge >= 0.3 is 5.97 Å². The molecule has 25 heavy (non-hydrogen) atoms. The molecular weight excluding hydrogens is 323 g/mol. The first-order valence-electron chi connectivity index (χ1n) is 8.75. The molecule has 5 nitrogen and oxygen atoms in total. The van der Waals surface area contributed by atoms with Crippen molar-refractivity contribution in [3.8, 4) is 0 Å². The topological polar surface area (TPSA) is 60.9 Å².